The Balaban J connectivity index is 1.38. The van der Waals surface area contributed by atoms with Gasteiger partial charge < -0.3 is 73.3 Å². The molecule has 0 spiro atoms. The first-order valence-electron chi connectivity index (χ1n) is 30.5. The summed E-state index contributed by atoms with van der Waals surface area (Å²) >= 11 is 0. The van der Waals surface area contributed by atoms with E-state index in [0.717, 1.165) is 24.0 Å². The first kappa shape index (κ1) is 68.6. The summed E-state index contributed by atoms with van der Waals surface area (Å²) in [5.41, 5.74) is 0.827. The van der Waals surface area contributed by atoms with Crippen molar-refractivity contribution in [2.24, 2.45) is 35.5 Å². The number of aliphatic hydroxyl groups excluding tert-OH is 6. The average Bonchev–Trinajstić information content (AvgIpc) is 3.44. The summed E-state index contributed by atoms with van der Waals surface area (Å²) in [4.78, 5) is 28.0. The van der Waals surface area contributed by atoms with Gasteiger partial charge in [0, 0.05) is 93.3 Å². The number of methoxy groups -OCH3 is 1. The molecule has 4 saturated heterocycles. The van der Waals surface area contributed by atoms with Crippen LogP contribution in [0, 0.1) is 35.5 Å². The number of esters is 2. The van der Waals surface area contributed by atoms with Crippen molar-refractivity contribution < 1.29 is 82.9 Å². The molecule has 81 heavy (non-hydrogen) atoms. The molecule has 24 atom stereocenters. The van der Waals surface area contributed by atoms with E-state index >= 15 is 0 Å². The molecule has 0 saturated carbocycles. The Morgan fingerprint density at radius 3 is 1.41 bits per heavy atom. The first-order valence-corrected chi connectivity index (χ1v) is 30.5. The van der Waals surface area contributed by atoms with Crippen LogP contribution in [0.3, 0.4) is 0 Å². The lowest BCUT2D eigenvalue weighted by molar-refractivity contribution is -0.337. The molecule has 4 fully saturated rings. The van der Waals surface area contributed by atoms with Crippen molar-refractivity contribution in [3.63, 3.8) is 0 Å². The normalized spacial score (nSPS) is 43.2. The average molecular weight is 1150 g/mol. The predicted molar refractivity (Wildman–Crippen MR) is 308 cm³/mol. The summed E-state index contributed by atoms with van der Waals surface area (Å²) in [7, 11) is 1.54. The molecule has 0 amide bonds. The maximum absolute atomic E-state index is 14.0. The summed E-state index contributed by atoms with van der Waals surface area (Å²) in [6.45, 7) is 25.2. The number of hydrogen-bond donors (Lipinski definition) is 6. The van der Waals surface area contributed by atoms with Crippen molar-refractivity contribution >= 4 is 11.9 Å². The van der Waals surface area contributed by atoms with Gasteiger partial charge >= 0.3 is 11.9 Å². The summed E-state index contributed by atoms with van der Waals surface area (Å²) < 4.78 is 57.3. The zero-order valence-electron chi connectivity index (χ0n) is 51.1. The number of carbonyl (C=O) groups excluding carboxylic acids is 2. The highest BCUT2D eigenvalue weighted by Crippen LogP contribution is 2.44. The molecule has 0 radical (unpaired) electrons. The lowest BCUT2D eigenvalue weighted by atomic mass is 9.77. The predicted octanol–water partition coefficient (Wildman–Crippen LogP) is 8.80. The van der Waals surface area contributed by atoms with Gasteiger partial charge in [-0.15, -0.1) is 0 Å². The molecule has 0 aromatic carbocycles. The van der Waals surface area contributed by atoms with Crippen molar-refractivity contribution in [2.45, 2.75) is 276 Å². The largest absolute Gasteiger partial charge is 0.458 e. The molecular formula is C64H104O17. The van der Waals surface area contributed by atoms with Crippen molar-refractivity contribution in [3.8, 4) is 0 Å². The Hall–Kier alpha value is -3.14. The smallest absolute Gasteiger partial charge is 0.331 e. The lowest BCUT2D eigenvalue weighted by Gasteiger charge is -2.49. The highest BCUT2D eigenvalue weighted by Gasteiger charge is 2.51. The highest BCUT2D eigenvalue weighted by molar-refractivity contribution is 5.83. The van der Waals surface area contributed by atoms with E-state index in [1.807, 2.05) is 98.8 Å². The van der Waals surface area contributed by atoms with Crippen molar-refractivity contribution in [3.05, 3.63) is 71.9 Å². The third-order valence-corrected chi connectivity index (χ3v) is 18.2. The molecule has 462 valence electrons. The Labute approximate surface area is 484 Å². The Bertz CT molecular complexity index is 2120. The van der Waals surface area contributed by atoms with Crippen LogP contribution in [-0.4, -0.2) is 159 Å². The van der Waals surface area contributed by atoms with Gasteiger partial charge in [-0.1, -0.05) is 104 Å². The summed E-state index contributed by atoms with van der Waals surface area (Å²) in [5, 5.41) is 66.2. The maximum Gasteiger partial charge on any atom is 0.331 e. The molecule has 5 aliphatic rings. The van der Waals surface area contributed by atoms with E-state index in [0.29, 0.717) is 32.1 Å². The quantitative estimate of drug-likeness (QED) is 0.0663. The van der Waals surface area contributed by atoms with E-state index in [2.05, 4.69) is 13.8 Å². The molecule has 17 heteroatoms. The molecule has 0 bridgehead atoms. The highest BCUT2D eigenvalue weighted by atomic mass is 16.7. The molecule has 5 heterocycles. The van der Waals surface area contributed by atoms with Gasteiger partial charge in [0.15, 0.2) is 18.4 Å². The van der Waals surface area contributed by atoms with E-state index in [-0.39, 0.29) is 74.1 Å². The van der Waals surface area contributed by atoms with Crippen LogP contribution < -0.4 is 0 Å². The summed E-state index contributed by atoms with van der Waals surface area (Å²) in [6, 6.07) is 0. The second-order valence-electron chi connectivity index (χ2n) is 24.1. The van der Waals surface area contributed by atoms with Gasteiger partial charge in [-0.2, -0.15) is 0 Å². The van der Waals surface area contributed by atoms with Gasteiger partial charge in [-0.25, -0.2) is 9.59 Å². The third-order valence-electron chi connectivity index (χ3n) is 18.2. The van der Waals surface area contributed by atoms with Crippen molar-refractivity contribution in [1.29, 1.82) is 0 Å². The fraction of sp³-hybridized carbons (Fsp3) is 0.781. The molecule has 6 N–H and O–H groups in total. The SMILES string of the molecule is CCC1=C\C=C\C(CC)C(C(C)C(O)CC2(OC)CC(OC3CC(O)C(O)C(C)O3)C(CC)C(C)O2)OC(=O)/C=C/C(CC)=C/C=C/C(CC)C(C(C)C(O)CC2(C)CC(OC3CC(O)C(O)C(C)O3)C(CC)C(C)O2)OC(=O)\C=C\1. The van der Waals surface area contributed by atoms with Crippen LogP contribution in [0.25, 0.3) is 0 Å². The molecule has 5 aliphatic heterocycles. The standard InChI is InChI=1S/C64H104O17/c1-15-43-23-21-25-45(17-3)61(37(7)51(67)33-63(13)35-53(47(19-5)39(9)80-63)76-57-31-49(65)59(71)41(11)74-57)78-55(69)29-27-44(16-2)24-22-26-46(18-4)62(79-56(70)30-28-43)38(8)52(68)34-64(73-14)36-54(48(20-6)40(10)81-64)77-58-32-50(66)60(72)42(12)75-58/h21-30,37-42,45-54,57-62,65-68,71-72H,15-20,31-36H2,1-14H3/b25-21+,26-22+,29-27+,30-28+,43-23+,44-24+. The number of rotatable bonds is 19. The van der Waals surface area contributed by atoms with E-state index in [9.17, 15) is 40.2 Å². The van der Waals surface area contributed by atoms with Crippen molar-refractivity contribution in [2.75, 3.05) is 7.11 Å². The van der Waals surface area contributed by atoms with Gasteiger partial charge in [-0.3, -0.25) is 0 Å². The van der Waals surface area contributed by atoms with E-state index in [4.69, 9.17) is 42.6 Å². The molecule has 0 aromatic rings. The number of carbonyl (C=O) groups is 2. The third kappa shape index (κ3) is 18.7. The fourth-order valence-electron chi connectivity index (χ4n) is 12.9. The first-order chi connectivity index (χ1) is 38.4. The van der Waals surface area contributed by atoms with Gasteiger partial charge in [0.2, 0.25) is 0 Å². The summed E-state index contributed by atoms with van der Waals surface area (Å²) in [6.07, 6.45) is 11.3. The minimum absolute atomic E-state index is 0.0234. The second-order valence-corrected chi connectivity index (χ2v) is 24.1. The Kier molecular flexibility index (Phi) is 27.0. The van der Waals surface area contributed by atoms with Gasteiger partial charge in [0.25, 0.3) is 0 Å². The minimum atomic E-state index is -1.28. The zero-order chi connectivity index (χ0) is 59.9. The molecule has 24 unspecified atom stereocenters. The fourth-order valence-corrected chi connectivity index (χ4v) is 12.9. The van der Waals surface area contributed by atoms with Gasteiger partial charge in [0.05, 0.1) is 66.6 Å². The monoisotopic (exact) mass is 1140 g/mol. The second kappa shape index (κ2) is 31.8. The zero-order valence-corrected chi connectivity index (χ0v) is 51.1. The van der Waals surface area contributed by atoms with Crippen LogP contribution in [-0.2, 0) is 52.2 Å². The number of hydrogen-bond acceptors (Lipinski definition) is 17. The van der Waals surface area contributed by atoms with Crippen LogP contribution in [0.15, 0.2) is 71.9 Å². The van der Waals surface area contributed by atoms with Crippen LogP contribution >= 0.6 is 0 Å². The molecule has 5 rings (SSSR count). The number of aliphatic hydroxyl groups is 6. The van der Waals surface area contributed by atoms with Crippen LogP contribution in [0.4, 0.5) is 0 Å². The Morgan fingerprint density at radius 2 is 1.01 bits per heavy atom. The van der Waals surface area contributed by atoms with Crippen LogP contribution in [0.2, 0.25) is 0 Å². The van der Waals surface area contributed by atoms with Crippen LogP contribution in [0.5, 0.6) is 0 Å². The molecule has 0 aliphatic carbocycles. The number of allylic oxidation sites excluding steroid dienone is 8. The van der Waals surface area contributed by atoms with Crippen molar-refractivity contribution in [1.82, 2.24) is 0 Å². The lowest BCUT2D eigenvalue weighted by Crippen LogP contribution is -2.56. The van der Waals surface area contributed by atoms with Gasteiger partial charge in [-0.05, 0) is 84.3 Å². The maximum atomic E-state index is 14.0. The number of cyclic esters (lactones) is 2. The van der Waals surface area contributed by atoms with Crippen LogP contribution in [0.1, 0.15) is 167 Å². The van der Waals surface area contributed by atoms with E-state index < -0.39 is 115 Å². The van der Waals surface area contributed by atoms with Gasteiger partial charge in [0.1, 0.15) is 24.4 Å². The summed E-state index contributed by atoms with van der Waals surface area (Å²) in [5.74, 6) is -4.26. The topological polar surface area (TPSA) is 239 Å². The minimum Gasteiger partial charge on any atom is -0.458 e. The molecule has 17 nitrogen and oxygen atoms in total. The molecular weight excluding hydrogens is 1040 g/mol. The number of ether oxygens (including phenoxy) is 9. The van der Waals surface area contributed by atoms with E-state index in [1.165, 1.54) is 12.2 Å². The van der Waals surface area contributed by atoms with E-state index in [1.54, 1.807) is 33.1 Å². The molecule has 0 aromatic heterocycles. The Morgan fingerprint density at radius 1 is 0.593 bits per heavy atom.